The van der Waals surface area contributed by atoms with Crippen molar-refractivity contribution >= 4 is 11.8 Å². The van der Waals surface area contributed by atoms with E-state index in [1.807, 2.05) is 18.3 Å². The van der Waals surface area contributed by atoms with Crippen LogP contribution in [0.5, 0.6) is 0 Å². The molecule has 0 heterocycles. The molecule has 10 heteroatoms. The van der Waals surface area contributed by atoms with Crippen LogP contribution >= 0.6 is 0 Å². The zero-order valence-corrected chi connectivity index (χ0v) is 22.8. The number of alkyl halides is 6. The molecule has 2 rings (SSSR count). The van der Waals surface area contributed by atoms with Gasteiger partial charge in [0.15, 0.2) is 0 Å². The first-order valence-corrected chi connectivity index (χ1v) is 12.9. The van der Waals surface area contributed by atoms with Gasteiger partial charge in [0.1, 0.15) is 6.10 Å². The maximum absolute atomic E-state index is 13.2. The standard InChI is InChI=1S/C29H37F6NO3/c1-18(2)21-10-9-19(3)7-6-8-20(4)13-25(17-27(5,38)12-11-21)39-26(37)36-24-15-22(28(30,31)32)14-23(16-24)29(33,34)35/h7,11-16,18,21,25,38H,6,8-10,17H2,1-5H3,(H,36,37)/b12-11+,19-7+,20-13+/t21-,25+,27-/m1/s1. The summed E-state index contributed by atoms with van der Waals surface area (Å²) in [5, 5.41) is 13.0. The Bertz CT molecular complexity index is 1050. The topological polar surface area (TPSA) is 58.6 Å². The zero-order valence-electron chi connectivity index (χ0n) is 22.8. The number of carbonyl (C=O) groups is 1. The van der Waals surface area contributed by atoms with Crippen molar-refractivity contribution in [2.24, 2.45) is 11.8 Å². The quantitative estimate of drug-likeness (QED) is 0.286. The number of rotatable bonds is 3. The molecule has 1 aliphatic rings. The van der Waals surface area contributed by atoms with Crippen molar-refractivity contribution in [2.45, 2.75) is 90.8 Å². The molecule has 0 aliphatic heterocycles. The first-order valence-electron chi connectivity index (χ1n) is 12.9. The summed E-state index contributed by atoms with van der Waals surface area (Å²) in [6, 6.07) is 0.791. The third kappa shape index (κ3) is 11.1. The Kier molecular flexibility index (Phi) is 10.9. The zero-order chi connectivity index (χ0) is 29.6. The van der Waals surface area contributed by atoms with Crippen molar-refractivity contribution in [3.05, 3.63) is 64.8 Å². The molecule has 1 amide bonds. The number of amides is 1. The van der Waals surface area contributed by atoms with E-state index in [1.165, 1.54) is 5.57 Å². The summed E-state index contributed by atoms with van der Waals surface area (Å²) >= 11 is 0. The molecule has 0 saturated heterocycles. The van der Waals surface area contributed by atoms with Crippen molar-refractivity contribution in [3.63, 3.8) is 0 Å². The Hall–Kier alpha value is -2.75. The molecule has 0 bridgehead atoms. The number of hydrogen-bond acceptors (Lipinski definition) is 3. The fraction of sp³-hybridized carbons (Fsp3) is 0.552. The lowest BCUT2D eigenvalue weighted by Crippen LogP contribution is -2.31. The molecule has 1 aromatic rings. The molecule has 0 saturated carbocycles. The smallest absolute Gasteiger partial charge is 0.416 e. The second-order valence-electron chi connectivity index (χ2n) is 10.8. The van der Waals surface area contributed by atoms with Gasteiger partial charge in [-0.15, -0.1) is 0 Å². The van der Waals surface area contributed by atoms with Gasteiger partial charge >= 0.3 is 18.4 Å². The van der Waals surface area contributed by atoms with E-state index in [1.54, 1.807) is 19.1 Å². The number of hydrogen-bond donors (Lipinski definition) is 2. The van der Waals surface area contributed by atoms with E-state index < -0.39 is 47.0 Å². The first-order chi connectivity index (χ1) is 17.9. The maximum atomic E-state index is 13.2. The van der Waals surface area contributed by atoms with Crippen molar-refractivity contribution in [1.29, 1.82) is 0 Å². The number of benzene rings is 1. The number of halogens is 6. The van der Waals surface area contributed by atoms with E-state index in [0.717, 1.165) is 24.8 Å². The summed E-state index contributed by atoms with van der Waals surface area (Å²) in [4.78, 5) is 12.6. The van der Waals surface area contributed by atoms with Crippen LogP contribution in [0.2, 0.25) is 0 Å². The second-order valence-corrected chi connectivity index (χ2v) is 10.8. The number of carbonyl (C=O) groups excluding carboxylic acids is 1. The molecule has 2 N–H and O–H groups in total. The first kappa shape index (κ1) is 32.5. The fourth-order valence-electron chi connectivity index (χ4n) is 4.35. The van der Waals surface area contributed by atoms with Gasteiger partial charge in [0.05, 0.1) is 16.7 Å². The van der Waals surface area contributed by atoms with E-state index in [-0.39, 0.29) is 18.4 Å². The minimum Gasteiger partial charge on any atom is -0.442 e. The second kappa shape index (κ2) is 13.1. The molecule has 0 spiro atoms. The molecule has 1 aliphatic carbocycles. The van der Waals surface area contributed by atoms with Crippen LogP contribution in [0.4, 0.5) is 36.8 Å². The van der Waals surface area contributed by atoms with Gasteiger partial charge in [0.25, 0.3) is 0 Å². The predicted octanol–water partition coefficient (Wildman–Crippen LogP) is 9.08. The maximum Gasteiger partial charge on any atom is 0.416 e. The van der Waals surface area contributed by atoms with Crippen molar-refractivity contribution < 1.29 is 41.0 Å². The summed E-state index contributed by atoms with van der Waals surface area (Å²) < 4.78 is 84.6. The largest absolute Gasteiger partial charge is 0.442 e. The highest BCUT2D eigenvalue weighted by molar-refractivity contribution is 5.85. The molecule has 0 aromatic heterocycles. The number of nitrogens with one attached hydrogen (secondary N) is 1. The van der Waals surface area contributed by atoms with Gasteiger partial charge in [-0.25, -0.2) is 4.79 Å². The van der Waals surface area contributed by atoms with Gasteiger partial charge in [0, 0.05) is 12.1 Å². The number of aliphatic hydroxyl groups is 1. The summed E-state index contributed by atoms with van der Waals surface area (Å²) in [6.07, 6.45) is -1.81. The van der Waals surface area contributed by atoms with Gasteiger partial charge in [-0.05, 0) is 82.6 Å². The third-order valence-electron chi connectivity index (χ3n) is 6.64. The number of anilines is 1. The van der Waals surface area contributed by atoms with Crippen molar-refractivity contribution in [2.75, 3.05) is 5.32 Å². The average Bonchev–Trinajstić information content (AvgIpc) is 2.76. The number of allylic oxidation sites excluding steroid dienone is 4. The van der Waals surface area contributed by atoms with Gasteiger partial charge < -0.3 is 9.84 Å². The normalized spacial score (nSPS) is 27.5. The average molecular weight is 562 g/mol. The molecule has 1 aromatic carbocycles. The van der Waals surface area contributed by atoms with Crippen molar-refractivity contribution in [3.8, 4) is 0 Å². The lowest BCUT2D eigenvalue weighted by atomic mass is 9.86. The van der Waals surface area contributed by atoms with E-state index in [9.17, 15) is 36.2 Å². The fourth-order valence-corrected chi connectivity index (χ4v) is 4.35. The van der Waals surface area contributed by atoms with Crippen LogP contribution < -0.4 is 5.32 Å². The summed E-state index contributed by atoms with van der Waals surface area (Å²) in [6.45, 7) is 9.62. The Morgan fingerprint density at radius 1 is 1.03 bits per heavy atom. The Labute approximate surface area is 225 Å². The van der Waals surface area contributed by atoms with Crippen LogP contribution in [-0.2, 0) is 17.1 Å². The predicted molar refractivity (Wildman–Crippen MR) is 139 cm³/mol. The molecular formula is C29H37F6NO3. The molecule has 4 nitrogen and oxygen atoms in total. The van der Waals surface area contributed by atoms with Crippen LogP contribution in [0.1, 0.15) is 77.8 Å². The monoisotopic (exact) mass is 561 g/mol. The molecule has 3 atom stereocenters. The SMILES string of the molecule is C/C1=C\[C@H](OC(=O)Nc2cc(C(F)(F)F)cc(C(F)(F)F)c2)C[C@](C)(O)/C=C/[C@H](C(C)C)CC/C(C)=C/CC1. The van der Waals surface area contributed by atoms with E-state index in [2.05, 4.69) is 26.8 Å². The van der Waals surface area contributed by atoms with Gasteiger partial charge in [-0.2, -0.15) is 26.3 Å². The lowest BCUT2D eigenvalue weighted by Gasteiger charge is -2.26. The minimum absolute atomic E-state index is 0.0234. The third-order valence-corrected chi connectivity index (χ3v) is 6.64. The molecule has 0 fully saturated rings. The summed E-state index contributed by atoms with van der Waals surface area (Å²) in [5.41, 5.74) is -3.13. The Balaban J connectivity index is 2.34. The highest BCUT2D eigenvalue weighted by atomic mass is 19.4. The molecular weight excluding hydrogens is 524 g/mol. The highest BCUT2D eigenvalue weighted by Gasteiger charge is 2.37. The molecule has 0 radical (unpaired) electrons. The van der Waals surface area contributed by atoms with Gasteiger partial charge in [-0.1, -0.05) is 43.2 Å². The van der Waals surface area contributed by atoms with Crippen LogP contribution in [0, 0.1) is 11.8 Å². The van der Waals surface area contributed by atoms with Crippen LogP contribution in [0.15, 0.2) is 53.6 Å². The van der Waals surface area contributed by atoms with Crippen LogP contribution in [0.25, 0.3) is 0 Å². The minimum atomic E-state index is -5.06. The van der Waals surface area contributed by atoms with E-state index in [0.29, 0.717) is 24.5 Å². The Morgan fingerprint density at radius 2 is 1.62 bits per heavy atom. The molecule has 218 valence electrons. The van der Waals surface area contributed by atoms with Crippen LogP contribution in [0.3, 0.4) is 0 Å². The summed E-state index contributed by atoms with van der Waals surface area (Å²) in [5.74, 6) is 0.526. The molecule has 39 heavy (non-hydrogen) atoms. The van der Waals surface area contributed by atoms with Crippen LogP contribution in [-0.4, -0.2) is 22.9 Å². The van der Waals surface area contributed by atoms with Crippen molar-refractivity contribution in [1.82, 2.24) is 0 Å². The lowest BCUT2D eigenvalue weighted by molar-refractivity contribution is -0.143. The molecule has 0 unspecified atom stereocenters. The van der Waals surface area contributed by atoms with Gasteiger partial charge in [-0.3, -0.25) is 5.32 Å². The van der Waals surface area contributed by atoms with E-state index in [4.69, 9.17) is 4.74 Å². The van der Waals surface area contributed by atoms with Gasteiger partial charge in [0.2, 0.25) is 0 Å². The summed E-state index contributed by atoms with van der Waals surface area (Å²) in [7, 11) is 0. The van der Waals surface area contributed by atoms with E-state index >= 15 is 0 Å². The highest BCUT2D eigenvalue weighted by Crippen LogP contribution is 2.37. The Morgan fingerprint density at radius 3 is 2.15 bits per heavy atom. The number of ether oxygens (including phenoxy) is 1.